The summed E-state index contributed by atoms with van der Waals surface area (Å²) in [5.74, 6) is 0.681. The molecule has 0 heterocycles. The molecule has 0 bridgehead atoms. The van der Waals surface area contributed by atoms with E-state index < -0.39 is 10.0 Å². The molecule has 0 aliphatic carbocycles. The van der Waals surface area contributed by atoms with Gasteiger partial charge in [-0.1, -0.05) is 32.4 Å². The molecule has 0 aromatic heterocycles. The Balaban J connectivity index is 2.75. The molecule has 0 saturated heterocycles. The molecule has 20 heavy (non-hydrogen) atoms. The zero-order chi connectivity index (χ0) is 15.3. The van der Waals surface area contributed by atoms with Gasteiger partial charge in [-0.15, -0.1) is 0 Å². The molecule has 3 unspecified atom stereocenters. The fourth-order valence-electron chi connectivity index (χ4n) is 2.32. The molecule has 1 aromatic rings. The van der Waals surface area contributed by atoms with Crippen LogP contribution >= 0.6 is 0 Å². The zero-order valence-corrected chi connectivity index (χ0v) is 13.6. The predicted molar refractivity (Wildman–Crippen MR) is 82.9 cm³/mol. The summed E-state index contributed by atoms with van der Waals surface area (Å²) in [6.45, 7) is 8.63. The fraction of sp³-hybridized carbons (Fsp3) is 0.600. The molecular weight excluding hydrogens is 272 g/mol. The molecule has 5 heteroatoms. The standard InChI is InChI=1S/C15H26N2O2S/c1-5-11(2)9-12(3)17-13(4)14-7-6-8-15(10-14)20(16,18)19/h6-8,10-13,17H,5,9H2,1-4H3,(H2,16,18,19). The van der Waals surface area contributed by atoms with Crippen molar-refractivity contribution in [3.63, 3.8) is 0 Å². The van der Waals surface area contributed by atoms with E-state index in [2.05, 4.69) is 26.1 Å². The number of sulfonamides is 1. The van der Waals surface area contributed by atoms with Gasteiger partial charge in [-0.25, -0.2) is 13.6 Å². The van der Waals surface area contributed by atoms with Crippen LogP contribution in [0.2, 0.25) is 0 Å². The smallest absolute Gasteiger partial charge is 0.238 e. The summed E-state index contributed by atoms with van der Waals surface area (Å²) in [7, 11) is -3.64. The highest BCUT2D eigenvalue weighted by atomic mass is 32.2. The van der Waals surface area contributed by atoms with Crippen molar-refractivity contribution in [2.45, 2.75) is 57.5 Å². The van der Waals surface area contributed by atoms with Crippen molar-refractivity contribution in [1.29, 1.82) is 0 Å². The summed E-state index contributed by atoms with van der Waals surface area (Å²) in [5, 5.41) is 8.67. The van der Waals surface area contributed by atoms with E-state index in [1.165, 1.54) is 12.5 Å². The number of rotatable bonds is 7. The van der Waals surface area contributed by atoms with Crippen molar-refractivity contribution in [2.75, 3.05) is 0 Å². The van der Waals surface area contributed by atoms with E-state index in [1.807, 2.05) is 13.0 Å². The lowest BCUT2D eigenvalue weighted by atomic mass is 9.99. The summed E-state index contributed by atoms with van der Waals surface area (Å²) in [6.07, 6.45) is 2.27. The summed E-state index contributed by atoms with van der Waals surface area (Å²) in [5.41, 5.74) is 0.938. The zero-order valence-electron chi connectivity index (χ0n) is 12.8. The molecule has 114 valence electrons. The molecule has 1 aromatic carbocycles. The minimum absolute atomic E-state index is 0.0933. The third kappa shape index (κ3) is 5.23. The normalized spacial score (nSPS) is 16.6. The number of nitrogens with one attached hydrogen (secondary N) is 1. The minimum atomic E-state index is -3.64. The van der Waals surface area contributed by atoms with E-state index in [4.69, 9.17) is 5.14 Å². The Morgan fingerprint density at radius 3 is 2.45 bits per heavy atom. The van der Waals surface area contributed by atoms with Gasteiger partial charge in [-0.05, 0) is 43.9 Å². The summed E-state index contributed by atoms with van der Waals surface area (Å²) < 4.78 is 22.7. The molecule has 3 atom stereocenters. The van der Waals surface area contributed by atoms with Crippen molar-refractivity contribution < 1.29 is 8.42 Å². The van der Waals surface area contributed by atoms with E-state index in [9.17, 15) is 8.42 Å². The van der Waals surface area contributed by atoms with E-state index in [-0.39, 0.29) is 10.9 Å². The van der Waals surface area contributed by atoms with Gasteiger partial charge >= 0.3 is 0 Å². The molecule has 1 rings (SSSR count). The van der Waals surface area contributed by atoms with Gasteiger partial charge in [0.2, 0.25) is 10.0 Å². The minimum Gasteiger partial charge on any atom is -0.308 e. The SMILES string of the molecule is CCC(C)CC(C)NC(C)c1cccc(S(N)(=O)=O)c1. The average molecular weight is 298 g/mol. The van der Waals surface area contributed by atoms with Gasteiger partial charge in [-0.2, -0.15) is 0 Å². The van der Waals surface area contributed by atoms with E-state index in [0.717, 1.165) is 12.0 Å². The van der Waals surface area contributed by atoms with Gasteiger partial charge in [-0.3, -0.25) is 0 Å². The third-order valence-electron chi connectivity index (χ3n) is 3.67. The number of hydrogen-bond acceptors (Lipinski definition) is 3. The fourth-order valence-corrected chi connectivity index (χ4v) is 2.89. The van der Waals surface area contributed by atoms with Gasteiger partial charge < -0.3 is 5.32 Å². The highest BCUT2D eigenvalue weighted by Crippen LogP contribution is 2.19. The lowest BCUT2D eigenvalue weighted by Gasteiger charge is -2.23. The average Bonchev–Trinajstić information content (AvgIpc) is 2.37. The molecule has 0 fully saturated rings. The van der Waals surface area contributed by atoms with Crippen LogP contribution in [0.1, 0.15) is 52.1 Å². The van der Waals surface area contributed by atoms with E-state index >= 15 is 0 Å². The van der Waals surface area contributed by atoms with E-state index in [0.29, 0.717) is 12.0 Å². The van der Waals surface area contributed by atoms with Crippen LogP contribution in [-0.4, -0.2) is 14.5 Å². The Hall–Kier alpha value is -0.910. The maximum Gasteiger partial charge on any atom is 0.238 e. The summed E-state index contributed by atoms with van der Waals surface area (Å²) in [6, 6.07) is 7.29. The van der Waals surface area contributed by atoms with Crippen molar-refractivity contribution >= 4 is 10.0 Å². The summed E-state index contributed by atoms with van der Waals surface area (Å²) >= 11 is 0. The number of hydrogen-bond donors (Lipinski definition) is 2. The molecule has 0 amide bonds. The monoisotopic (exact) mass is 298 g/mol. The molecular formula is C15H26N2O2S. The second-order valence-corrected chi connectivity index (χ2v) is 7.22. The predicted octanol–water partition coefficient (Wildman–Crippen LogP) is 2.81. The van der Waals surface area contributed by atoms with Crippen LogP contribution in [-0.2, 0) is 10.0 Å². The van der Waals surface area contributed by atoms with Crippen molar-refractivity contribution in [3.8, 4) is 0 Å². The van der Waals surface area contributed by atoms with Crippen LogP contribution in [0.4, 0.5) is 0 Å². The van der Waals surface area contributed by atoms with Crippen LogP contribution in [0.3, 0.4) is 0 Å². The lowest BCUT2D eigenvalue weighted by molar-refractivity contribution is 0.385. The number of primary sulfonamides is 1. The van der Waals surface area contributed by atoms with Gasteiger partial charge in [0.15, 0.2) is 0 Å². The second kappa shape index (κ2) is 7.20. The largest absolute Gasteiger partial charge is 0.308 e. The highest BCUT2D eigenvalue weighted by Gasteiger charge is 2.14. The maximum absolute atomic E-state index is 11.4. The Morgan fingerprint density at radius 2 is 1.90 bits per heavy atom. The van der Waals surface area contributed by atoms with Crippen LogP contribution in [0.25, 0.3) is 0 Å². The molecule has 4 nitrogen and oxygen atoms in total. The Labute approximate surface area is 122 Å². The van der Waals surface area contributed by atoms with Crippen molar-refractivity contribution in [3.05, 3.63) is 29.8 Å². The number of nitrogens with two attached hydrogens (primary N) is 1. The van der Waals surface area contributed by atoms with Crippen molar-refractivity contribution in [2.24, 2.45) is 11.1 Å². The Kier molecular flexibility index (Phi) is 6.17. The molecule has 0 radical (unpaired) electrons. The third-order valence-corrected chi connectivity index (χ3v) is 4.58. The second-order valence-electron chi connectivity index (χ2n) is 5.66. The van der Waals surface area contributed by atoms with Crippen molar-refractivity contribution in [1.82, 2.24) is 5.32 Å². The first-order valence-corrected chi connectivity index (χ1v) is 8.67. The quantitative estimate of drug-likeness (QED) is 0.813. The molecule has 0 aliphatic rings. The van der Waals surface area contributed by atoms with Crippen LogP contribution in [0, 0.1) is 5.92 Å². The van der Waals surface area contributed by atoms with Gasteiger partial charge in [0.25, 0.3) is 0 Å². The Bertz CT molecular complexity index is 528. The first-order valence-electron chi connectivity index (χ1n) is 7.12. The van der Waals surface area contributed by atoms with Gasteiger partial charge in [0.05, 0.1) is 4.90 Å². The molecule has 3 N–H and O–H groups in total. The van der Waals surface area contributed by atoms with E-state index in [1.54, 1.807) is 12.1 Å². The summed E-state index contributed by atoms with van der Waals surface area (Å²) in [4.78, 5) is 0.165. The molecule has 0 saturated carbocycles. The topological polar surface area (TPSA) is 72.2 Å². The first-order chi connectivity index (χ1) is 9.24. The lowest BCUT2D eigenvalue weighted by Crippen LogP contribution is -2.30. The molecule has 0 aliphatic heterocycles. The maximum atomic E-state index is 11.4. The number of benzene rings is 1. The van der Waals surface area contributed by atoms with Crippen LogP contribution < -0.4 is 10.5 Å². The highest BCUT2D eigenvalue weighted by molar-refractivity contribution is 7.89. The van der Waals surface area contributed by atoms with Crippen LogP contribution in [0.5, 0.6) is 0 Å². The molecule has 0 spiro atoms. The first kappa shape index (κ1) is 17.1. The Morgan fingerprint density at radius 1 is 1.25 bits per heavy atom. The van der Waals surface area contributed by atoms with Gasteiger partial charge in [0, 0.05) is 12.1 Å². The van der Waals surface area contributed by atoms with Gasteiger partial charge in [0.1, 0.15) is 0 Å². The van der Waals surface area contributed by atoms with Crippen LogP contribution in [0.15, 0.2) is 29.2 Å².